The van der Waals surface area contributed by atoms with Gasteiger partial charge in [-0.15, -0.1) is 0 Å². The van der Waals surface area contributed by atoms with Gasteiger partial charge in [0.05, 0.1) is 12.8 Å². The third-order valence-corrected chi connectivity index (χ3v) is 4.69. The molecule has 1 aromatic rings. The van der Waals surface area contributed by atoms with Crippen LogP contribution in [0.2, 0.25) is 0 Å². The fraction of sp³-hybridized carbons (Fsp3) is 0.286. The fourth-order valence-electron chi connectivity index (χ4n) is 3.14. The fourth-order valence-corrected chi connectivity index (χ4v) is 3.14. The van der Waals surface area contributed by atoms with Gasteiger partial charge < -0.3 is 9.84 Å². The van der Waals surface area contributed by atoms with Crippen molar-refractivity contribution < 1.29 is 24.2 Å². The molecule has 7 heteroatoms. The number of allylic oxidation sites excluding steroid dienone is 3. The maximum atomic E-state index is 12.9. The summed E-state index contributed by atoms with van der Waals surface area (Å²) in [6.07, 6.45) is 6.40. The Morgan fingerprint density at radius 3 is 2.68 bits per heavy atom. The Balaban J connectivity index is 1.83. The van der Waals surface area contributed by atoms with Gasteiger partial charge in [0, 0.05) is 24.0 Å². The summed E-state index contributed by atoms with van der Waals surface area (Å²) in [5.74, 6) is -1.83. The molecule has 28 heavy (non-hydrogen) atoms. The number of hydrogen-bond acceptors (Lipinski definition) is 5. The number of imide groups is 1. The highest BCUT2D eigenvalue weighted by Crippen LogP contribution is 2.33. The van der Waals surface area contributed by atoms with Crippen LogP contribution in [0.4, 0.5) is 0 Å². The number of benzene rings is 1. The number of hydrogen-bond donors (Lipinski definition) is 2. The number of rotatable bonds is 5. The van der Waals surface area contributed by atoms with Gasteiger partial charge in [-0.3, -0.25) is 24.6 Å². The molecule has 0 aromatic heterocycles. The Morgan fingerprint density at radius 2 is 2.00 bits per heavy atom. The maximum Gasteiger partial charge on any atom is 0.279 e. The first-order valence-corrected chi connectivity index (χ1v) is 9.02. The molecule has 2 saturated heterocycles. The normalized spacial score (nSPS) is 25.8. The minimum Gasteiger partial charge on any atom is -0.496 e. The zero-order valence-corrected chi connectivity index (χ0v) is 15.6. The van der Waals surface area contributed by atoms with Crippen molar-refractivity contribution in [3.05, 3.63) is 71.5 Å². The lowest BCUT2D eigenvalue weighted by atomic mass is 10.00. The molecule has 1 atom stereocenters. The first kappa shape index (κ1) is 19.6. The minimum absolute atomic E-state index is 0.00905. The van der Waals surface area contributed by atoms with E-state index >= 15 is 0 Å². The number of nitrogens with one attached hydrogen (secondary N) is 1. The summed E-state index contributed by atoms with van der Waals surface area (Å²) in [6, 6.07) is 9.57. The van der Waals surface area contributed by atoms with Crippen molar-refractivity contribution in [3.63, 3.8) is 0 Å². The standard InChI is InChI=1S/C21H22N2O5/c1-2-3-9-17-16(14-28-13-15-7-5-4-6-8-15)12-23(19(17)25)21(27)11-10-18(24)22-20(21)26/h2-9,14,27H,10-13H2,1H3,(H,22,24,26)/b3-2-,16-14+,17-9+. The SMILES string of the molecule is C\C=C/C=C1/C(=O)N(C2(O)CCC(=O)NC2=O)C/C1=C\OCc1ccccc1. The van der Waals surface area contributed by atoms with Crippen molar-refractivity contribution in [3.8, 4) is 0 Å². The lowest BCUT2D eigenvalue weighted by Gasteiger charge is -2.37. The van der Waals surface area contributed by atoms with Gasteiger partial charge >= 0.3 is 0 Å². The zero-order chi connectivity index (χ0) is 20.1. The molecule has 2 aliphatic rings. The van der Waals surface area contributed by atoms with Crippen LogP contribution in [-0.2, 0) is 25.7 Å². The molecule has 146 valence electrons. The van der Waals surface area contributed by atoms with Crippen molar-refractivity contribution in [2.75, 3.05) is 6.54 Å². The average molecular weight is 382 g/mol. The van der Waals surface area contributed by atoms with E-state index in [1.165, 1.54) is 6.26 Å². The van der Waals surface area contributed by atoms with Crippen LogP contribution in [0.3, 0.4) is 0 Å². The lowest BCUT2D eigenvalue weighted by Crippen LogP contribution is -2.63. The molecule has 0 saturated carbocycles. The number of nitrogens with zero attached hydrogens (tertiary/aromatic N) is 1. The molecular formula is C21H22N2O5. The molecule has 3 rings (SSSR count). The van der Waals surface area contributed by atoms with Crippen LogP contribution in [0.5, 0.6) is 0 Å². The smallest absolute Gasteiger partial charge is 0.279 e. The molecule has 0 radical (unpaired) electrons. The molecule has 2 fully saturated rings. The van der Waals surface area contributed by atoms with E-state index in [0.29, 0.717) is 17.8 Å². The third kappa shape index (κ3) is 3.89. The predicted octanol–water partition coefficient (Wildman–Crippen LogP) is 1.56. The van der Waals surface area contributed by atoms with Crippen LogP contribution >= 0.6 is 0 Å². The van der Waals surface area contributed by atoms with Crippen molar-refractivity contribution >= 4 is 17.7 Å². The quantitative estimate of drug-likeness (QED) is 0.458. The number of aliphatic hydroxyl groups is 1. The van der Waals surface area contributed by atoms with E-state index < -0.39 is 23.4 Å². The van der Waals surface area contributed by atoms with E-state index in [2.05, 4.69) is 5.32 Å². The summed E-state index contributed by atoms with van der Waals surface area (Å²) in [5.41, 5.74) is -0.195. The second kappa shape index (κ2) is 8.22. The molecule has 1 unspecified atom stereocenters. The topological polar surface area (TPSA) is 95.9 Å². The van der Waals surface area contributed by atoms with Crippen molar-refractivity contribution in [2.24, 2.45) is 0 Å². The summed E-state index contributed by atoms with van der Waals surface area (Å²) >= 11 is 0. The second-order valence-electron chi connectivity index (χ2n) is 6.63. The largest absolute Gasteiger partial charge is 0.496 e. The summed E-state index contributed by atoms with van der Waals surface area (Å²) < 4.78 is 5.63. The van der Waals surface area contributed by atoms with Crippen molar-refractivity contribution in [1.82, 2.24) is 10.2 Å². The van der Waals surface area contributed by atoms with Crippen molar-refractivity contribution in [2.45, 2.75) is 32.1 Å². The van der Waals surface area contributed by atoms with E-state index in [1.807, 2.05) is 37.3 Å². The van der Waals surface area contributed by atoms with Gasteiger partial charge in [-0.2, -0.15) is 0 Å². The van der Waals surface area contributed by atoms with E-state index in [1.54, 1.807) is 18.2 Å². The van der Waals surface area contributed by atoms with Gasteiger partial charge in [0.15, 0.2) is 0 Å². The van der Waals surface area contributed by atoms with E-state index in [-0.39, 0.29) is 19.4 Å². The number of piperidine rings is 1. The van der Waals surface area contributed by atoms with E-state index in [0.717, 1.165) is 10.5 Å². The molecule has 7 nitrogen and oxygen atoms in total. The van der Waals surface area contributed by atoms with Crippen LogP contribution in [0.15, 0.2) is 66.0 Å². The highest BCUT2D eigenvalue weighted by molar-refractivity contribution is 6.08. The van der Waals surface area contributed by atoms with Gasteiger partial charge in [0.2, 0.25) is 11.6 Å². The van der Waals surface area contributed by atoms with Gasteiger partial charge in [-0.25, -0.2) is 0 Å². The number of carbonyl (C=O) groups is 3. The first-order chi connectivity index (χ1) is 13.5. The summed E-state index contributed by atoms with van der Waals surface area (Å²) in [6.45, 7) is 2.15. The third-order valence-electron chi connectivity index (χ3n) is 4.69. The molecule has 1 aromatic carbocycles. The molecule has 2 heterocycles. The van der Waals surface area contributed by atoms with Gasteiger partial charge in [0.25, 0.3) is 11.8 Å². The van der Waals surface area contributed by atoms with Crippen LogP contribution in [0.25, 0.3) is 0 Å². The summed E-state index contributed by atoms with van der Waals surface area (Å²) in [4.78, 5) is 37.6. The second-order valence-corrected chi connectivity index (χ2v) is 6.63. The number of amides is 3. The Labute approximate surface area is 163 Å². The Morgan fingerprint density at radius 1 is 1.25 bits per heavy atom. The predicted molar refractivity (Wildman–Crippen MR) is 101 cm³/mol. The maximum absolute atomic E-state index is 12.9. The molecule has 2 aliphatic heterocycles. The number of carbonyl (C=O) groups excluding carboxylic acids is 3. The van der Waals surface area contributed by atoms with Gasteiger partial charge in [-0.1, -0.05) is 42.5 Å². The molecule has 0 spiro atoms. The van der Waals surface area contributed by atoms with E-state index in [9.17, 15) is 19.5 Å². The highest BCUT2D eigenvalue weighted by Gasteiger charge is 2.51. The zero-order valence-electron chi connectivity index (χ0n) is 15.6. The first-order valence-electron chi connectivity index (χ1n) is 9.02. The monoisotopic (exact) mass is 382 g/mol. The Hall–Kier alpha value is -3.19. The Kier molecular flexibility index (Phi) is 5.75. The average Bonchev–Trinajstić information content (AvgIpc) is 3.00. The lowest BCUT2D eigenvalue weighted by molar-refractivity contribution is -0.177. The van der Waals surface area contributed by atoms with Gasteiger partial charge in [-0.05, 0) is 18.6 Å². The summed E-state index contributed by atoms with van der Waals surface area (Å²) in [5, 5.41) is 12.9. The highest BCUT2D eigenvalue weighted by atomic mass is 16.5. The molecule has 0 aliphatic carbocycles. The molecule has 3 amide bonds. The van der Waals surface area contributed by atoms with Crippen LogP contribution < -0.4 is 5.32 Å². The van der Waals surface area contributed by atoms with Crippen molar-refractivity contribution in [1.29, 1.82) is 0 Å². The Bertz CT molecular complexity index is 872. The van der Waals surface area contributed by atoms with Crippen LogP contribution in [0.1, 0.15) is 25.3 Å². The molecule has 2 N–H and O–H groups in total. The van der Waals surface area contributed by atoms with Crippen LogP contribution in [0, 0.1) is 0 Å². The minimum atomic E-state index is -2.06. The van der Waals surface area contributed by atoms with E-state index in [4.69, 9.17) is 4.74 Å². The van der Waals surface area contributed by atoms with Crippen LogP contribution in [-0.4, -0.2) is 40.0 Å². The number of ether oxygens (including phenoxy) is 1. The molecular weight excluding hydrogens is 360 g/mol. The van der Waals surface area contributed by atoms with Gasteiger partial charge in [0.1, 0.15) is 6.61 Å². The number of likely N-dealkylation sites (tertiary alicyclic amines) is 1. The molecule has 0 bridgehead atoms. The summed E-state index contributed by atoms with van der Waals surface area (Å²) in [7, 11) is 0.